The van der Waals surface area contributed by atoms with E-state index in [0.717, 1.165) is 44.9 Å². The summed E-state index contributed by atoms with van der Waals surface area (Å²) in [5.74, 6) is -0.268. The predicted molar refractivity (Wildman–Crippen MR) is 388 cm³/mol. The van der Waals surface area contributed by atoms with Gasteiger partial charge in [-0.1, -0.05) is 314 Å². The molecule has 17 atom stereocenters. The number of rotatable bonds is 65. The number of hydrogen-bond donors (Lipinski definition) is 12. The zero-order chi connectivity index (χ0) is 71.1. The molecule has 578 valence electrons. The molecule has 12 N–H and O–H groups in total. The van der Waals surface area contributed by atoms with Crippen molar-refractivity contribution in [2.45, 2.75) is 446 Å². The summed E-state index contributed by atoms with van der Waals surface area (Å²) in [6.07, 6.45) is 45.9. The van der Waals surface area contributed by atoms with Crippen LogP contribution in [-0.4, -0.2) is 193 Å². The summed E-state index contributed by atoms with van der Waals surface area (Å²) in [5.41, 5.74) is 0. The van der Waals surface area contributed by atoms with Gasteiger partial charge in [0.05, 0.1) is 38.6 Å². The van der Waals surface area contributed by atoms with Crippen molar-refractivity contribution in [1.82, 2.24) is 5.32 Å². The van der Waals surface area contributed by atoms with Crippen molar-refractivity contribution < 1.29 is 89.4 Å². The van der Waals surface area contributed by atoms with Gasteiger partial charge >= 0.3 is 0 Å². The van der Waals surface area contributed by atoms with Crippen molar-refractivity contribution in [3.05, 3.63) is 24.3 Å². The Morgan fingerprint density at radius 1 is 0.357 bits per heavy atom. The Morgan fingerprint density at radius 2 is 0.643 bits per heavy atom. The van der Waals surface area contributed by atoms with Gasteiger partial charge in [0, 0.05) is 6.42 Å². The van der Waals surface area contributed by atoms with Gasteiger partial charge in [-0.2, -0.15) is 0 Å². The molecule has 0 bridgehead atoms. The first-order chi connectivity index (χ1) is 47.8. The number of allylic oxidation sites excluding steroid dienone is 3. The second-order valence-electron chi connectivity index (χ2n) is 29.2. The van der Waals surface area contributed by atoms with Crippen molar-refractivity contribution in [3.8, 4) is 0 Å². The number of aliphatic hydroxyl groups is 11. The van der Waals surface area contributed by atoms with Gasteiger partial charge < -0.3 is 89.9 Å². The molecule has 19 nitrogen and oxygen atoms in total. The summed E-state index contributed by atoms with van der Waals surface area (Å²) in [7, 11) is 0. The van der Waals surface area contributed by atoms with Crippen LogP contribution in [0.15, 0.2) is 24.3 Å². The van der Waals surface area contributed by atoms with Crippen LogP contribution in [0.1, 0.15) is 341 Å². The van der Waals surface area contributed by atoms with Gasteiger partial charge in [-0.3, -0.25) is 4.79 Å². The zero-order valence-electron chi connectivity index (χ0n) is 61.8. The lowest BCUT2D eigenvalue weighted by molar-refractivity contribution is -0.379. The lowest BCUT2D eigenvalue weighted by atomic mass is 9.96. The Hall–Kier alpha value is -1.73. The third-order valence-corrected chi connectivity index (χ3v) is 20.5. The van der Waals surface area contributed by atoms with Gasteiger partial charge in [-0.05, 0) is 44.9 Å². The normalized spacial score (nSPS) is 26.8. The highest BCUT2D eigenvalue weighted by Gasteiger charge is 2.54. The van der Waals surface area contributed by atoms with Crippen molar-refractivity contribution in [2.24, 2.45) is 0 Å². The first-order valence-electron chi connectivity index (χ1n) is 40.6. The molecule has 0 aromatic carbocycles. The van der Waals surface area contributed by atoms with Crippen LogP contribution >= 0.6 is 0 Å². The first-order valence-corrected chi connectivity index (χ1v) is 40.6. The maximum Gasteiger partial charge on any atom is 0.220 e. The predicted octanol–water partition coefficient (Wildman–Crippen LogP) is 13.3. The number of hydrogen-bond acceptors (Lipinski definition) is 18. The number of carbonyl (C=O) groups is 1. The van der Waals surface area contributed by atoms with Crippen molar-refractivity contribution in [1.29, 1.82) is 0 Å². The summed E-state index contributed by atoms with van der Waals surface area (Å²) in [6, 6.07) is -0.972. The minimum absolute atomic E-state index is 0.248. The second kappa shape index (κ2) is 60.5. The molecular formula is C79H149NO18. The average molecular weight is 1400 g/mol. The highest BCUT2D eigenvalue weighted by Crippen LogP contribution is 2.33. The van der Waals surface area contributed by atoms with E-state index in [2.05, 4.69) is 31.3 Å². The molecule has 17 unspecified atom stereocenters. The smallest absolute Gasteiger partial charge is 0.220 e. The molecule has 19 heteroatoms. The molecular weight excluding hydrogens is 1250 g/mol. The maximum absolute atomic E-state index is 13.5. The second-order valence-corrected chi connectivity index (χ2v) is 29.2. The maximum atomic E-state index is 13.5. The van der Waals surface area contributed by atoms with E-state index >= 15 is 0 Å². The van der Waals surface area contributed by atoms with Gasteiger partial charge in [0.1, 0.15) is 73.2 Å². The molecule has 3 aliphatic heterocycles. The van der Waals surface area contributed by atoms with Crippen LogP contribution < -0.4 is 5.32 Å². The average Bonchev–Trinajstić information content (AvgIpc) is 0.784. The summed E-state index contributed by atoms with van der Waals surface area (Å²) in [5, 5.41) is 121. The summed E-state index contributed by atoms with van der Waals surface area (Å²) in [6.45, 7) is 1.79. The Bertz CT molecular complexity index is 1870. The summed E-state index contributed by atoms with van der Waals surface area (Å²) in [4.78, 5) is 13.5. The number of nitrogens with one attached hydrogen (secondary N) is 1. The third kappa shape index (κ3) is 40.5. The molecule has 0 saturated carbocycles. The lowest BCUT2D eigenvalue weighted by Gasteiger charge is -2.48. The van der Waals surface area contributed by atoms with E-state index < -0.39 is 124 Å². The van der Waals surface area contributed by atoms with Crippen LogP contribution in [0.5, 0.6) is 0 Å². The van der Waals surface area contributed by atoms with Gasteiger partial charge in [-0.25, -0.2) is 0 Å². The Balaban J connectivity index is 1.37. The van der Waals surface area contributed by atoms with E-state index in [1.165, 1.54) is 270 Å². The van der Waals surface area contributed by atoms with Crippen LogP contribution in [0.3, 0.4) is 0 Å². The van der Waals surface area contributed by atoms with Crippen molar-refractivity contribution >= 4 is 5.91 Å². The fraction of sp³-hybridized carbons (Fsp3) is 0.937. The Labute approximate surface area is 594 Å². The summed E-state index contributed by atoms with van der Waals surface area (Å²) >= 11 is 0. The van der Waals surface area contributed by atoms with Crippen molar-refractivity contribution in [2.75, 3.05) is 26.4 Å². The topological polar surface area (TPSA) is 307 Å². The number of amides is 1. The van der Waals surface area contributed by atoms with E-state index in [0.29, 0.717) is 6.42 Å². The monoisotopic (exact) mass is 1400 g/mol. The van der Waals surface area contributed by atoms with Gasteiger partial charge in [0.2, 0.25) is 5.91 Å². The van der Waals surface area contributed by atoms with E-state index in [1.54, 1.807) is 6.08 Å². The number of aliphatic hydroxyl groups excluding tert-OH is 11. The number of carbonyl (C=O) groups excluding carboxylic acids is 1. The van der Waals surface area contributed by atoms with Crippen LogP contribution in [0.4, 0.5) is 0 Å². The lowest BCUT2D eigenvalue weighted by Crippen LogP contribution is -2.66. The van der Waals surface area contributed by atoms with Crippen LogP contribution in [0.2, 0.25) is 0 Å². The SMILES string of the molecule is CCCCCCCCCC/C=C\CCCCCCCCCCCCCCCCCCCC(=O)NC(COC1OC(CO)C(OC2OC(CO)C(OC3OC(CO)C(O)C(O)C3O)C(O)C2O)C(O)C1O)C(O)/C=C/CCCCCCCCCCCCCCCCCCCCCCCC. The highest BCUT2D eigenvalue weighted by atomic mass is 16.8. The molecule has 0 radical (unpaired) electrons. The first kappa shape index (κ1) is 90.5. The van der Waals surface area contributed by atoms with Gasteiger partial charge in [-0.15, -0.1) is 0 Å². The summed E-state index contributed by atoms with van der Waals surface area (Å²) < 4.78 is 34.5. The van der Waals surface area contributed by atoms with Crippen molar-refractivity contribution in [3.63, 3.8) is 0 Å². The fourth-order valence-electron chi connectivity index (χ4n) is 14.0. The Kier molecular flexibility index (Phi) is 55.9. The molecule has 3 saturated heterocycles. The molecule has 0 aromatic rings. The van der Waals surface area contributed by atoms with E-state index in [1.807, 2.05) is 6.08 Å². The standard InChI is InChI=1S/C79H149NO18/c1-3-5-7-9-11-13-15-17-19-21-23-25-27-29-30-31-32-33-35-37-39-41-43-45-47-49-51-53-55-57-67(85)80-62(63(84)56-54-52-50-48-46-44-42-40-38-36-34-28-26-24-22-20-18-16-14-12-10-8-6-4-2)61-93-77-73(91)70(88)75(65(59-82)95-77)98-79-74(92)71(89)76(66(60-83)96-79)97-78-72(90)69(87)68(86)64(58-81)94-78/h21,23,54,56,62-66,68-79,81-84,86-92H,3-20,22,24-53,55,57-61H2,1-2H3,(H,80,85)/b23-21-,56-54+. The Morgan fingerprint density at radius 3 is 0.990 bits per heavy atom. The van der Waals surface area contributed by atoms with E-state index in [-0.39, 0.29) is 18.9 Å². The quantitative estimate of drug-likeness (QED) is 0.0199. The molecule has 0 aromatic heterocycles. The molecule has 0 spiro atoms. The molecule has 3 fully saturated rings. The molecule has 3 aliphatic rings. The van der Waals surface area contributed by atoms with Gasteiger partial charge in [0.25, 0.3) is 0 Å². The van der Waals surface area contributed by atoms with Crippen LogP contribution in [0.25, 0.3) is 0 Å². The number of unbranched alkanes of at least 4 members (excludes halogenated alkanes) is 47. The minimum Gasteiger partial charge on any atom is -0.394 e. The molecule has 1 amide bonds. The van der Waals surface area contributed by atoms with E-state index in [9.17, 15) is 61.0 Å². The zero-order valence-corrected chi connectivity index (χ0v) is 61.8. The largest absolute Gasteiger partial charge is 0.394 e. The van der Waals surface area contributed by atoms with Gasteiger partial charge in [0.15, 0.2) is 18.9 Å². The third-order valence-electron chi connectivity index (χ3n) is 20.5. The molecule has 0 aliphatic carbocycles. The molecule has 3 rings (SSSR count). The molecule has 98 heavy (non-hydrogen) atoms. The van der Waals surface area contributed by atoms with E-state index in [4.69, 9.17) is 28.4 Å². The fourth-order valence-corrected chi connectivity index (χ4v) is 14.0. The van der Waals surface area contributed by atoms with Crippen LogP contribution in [0, 0.1) is 0 Å². The minimum atomic E-state index is -1.98. The molecule has 3 heterocycles. The highest BCUT2D eigenvalue weighted by molar-refractivity contribution is 5.76. The number of ether oxygens (including phenoxy) is 6. The van der Waals surface area contributed by atoms with Crippen LogP contribution in [-0.2, 0) is 33.2 Å².